The second kappa shape index (κ2) is 7.66. The Bertz CT molecular complexity index is 685. The Morgan fingerprint density at radius 1 is 1.17 bits per heavy atom. The normalized spacial score (nSPS) is 15.7. The summed E-state index contributed by atoms with van der Waals surface area (Å²) >= 11 is 1.30. The van der Waals surface area contributed by atoms with Gasteiger partial charge >= 0.3 is 0 Å². The molecule has 1 fully saturated rings. The van der Waals surface area contributed by atoms with Crippen molar-refractivity contribution in [2.75, 3.05) is 12.4 Å². The maximum absolute atomic E-state index is 12.7. The van der Waals surface area contributed by atoms with E-state index in [9.17, 15) is 9.59 Å². The molecule has 1 N–H and O–H groups in total. The van der Waals surface area contributed by atoms with E-state index in [-0.39, 0.29) is 17.6 Å². The second-order valence-corrected chi connectivity index (χ2v) is 7.24. The maximum Gasteiger partial charge on any atom is 0.291 e. The van der Waals surface area contributed by atoms with Crippen LogP contribution in [0.5, 0.6) is 0 Å². The molecule has 0 unspecified atom stereocenters. The van der Waals surface area contributed by atoms with Crippen molar-refractivity contribution in [1.29, 1.82) is 0 Å². The molecule has 2 aromatic rings. The van der Waals surface area contributed by atoms with Crippen LogP contribution >= 0.6 is 11.3 Å². The topological polar surface area (TPSA) is 62.6 Å². The van der Waals surface area contributed by atoms with E-state index in [1.165, 1.54) is 43.3 Å². The van der Waals surface area contributed by atoms with Gasteiger partial charge in [-0.2, -0.15) is 0 Å². The van der Waals surface area contributed by atoms with E-state index in [0.29, 0.717) is 15.9 Å². The summed E-state index contributed by atoms with van der Waals surface area (Å²) in [6.07, 6.45) is 8.53. The SMILES string of the molecule is CN(C(=O)c1ccc(NC(=O)c2ccco2)s1)C1CCCCCC1. The summed E-state index contributed by atoms with van der Waals surface area (Å²) in [5, 5.41) is 3.41. The highest BCUT2D eigenvalue weighted by Crippen LogP contribution is 2.27. The monoisotopic (exact) mass is 346 g/mol. The number of carbonyl (C=O) groups excluding carboxylic acids is 2. The molecule has 3 rings (SSSR count). The lowest BCUT2D eigenvalue weighted by Gasteiger charge is -2.26. The molecule has 1 saturated carbocycles. The molecule has 0 spiro atoms. The predicted molar refractivity (Wildman–Crippen MR) is 94.6 cm³/mol. The number of thiophene rings is 1. The number of furan rings is 1. The van der Waals surface area contributed by atoms with E-state index < -0.39 is 0 Å². The van der Waals surface area contributed by atoms with Crippen LogP contribution in [0.25, 0.3) is 0 Å². The van der Waals surface area contributed by atoms with Gasteiger partial charge in [0.1, 0.15) is 0 Å². The Kier molecular flexibility index (Phi) is 5.35. The van der Waals surface area contributed by atoms with E-state index in [2.05, 4.69) is 5.32 Å². The minimum absolute atomic E-state index is 0.0328. The molecule has 6 heteroatoms. The highest BCUT2D eigenvalue weighted by molar-refractivity contribution is 7.18. The van der Waals surface area contributed by atoms with Gasteiger partial charge in [0.2, 0.25) is 0 Å². The van der Waals surface area contributed by atoms with Crippen LogP contribution in [0.1, 0.15) is 58.8 Å². The third kappa shape index (κ3) is 3.87. The van der Waals surface area contributed by atoms with Gasteiger partial charge in [-0.25, -0.2) is 0 Å². The minimum atomic E-state index is -0.307. The van der Waals surface area contributed by atoms with Crippen LogP contribution in [0, 0.1) is 0 Å². The van der Waals surface area contributed by atoms with E-state index in [4.69, 9.17) is 4.42 Å². The summed E-state index contributed by atoms with van der Waals surface area (Å²) in [6, 6.07) is 7.13. The second-order valence-electron chi connectivity index (χ2n) is 6.16. The van der Waals surface area contributed by atoms with Crippen molar-refractivity contribution in [3.63, 3.8) is 0 Å². The van der Waals surface area contributed by atoms with Crippen molar-refractivity contribution in [3.8, 4) is 0 Å². The van der Waals surface area contributed by atoms with Crippen molar-refractivity contribution in [1.82, 2.24) is 4.90 Å². The summed E-state index contributed by atoms with van der Waals surface area (Å²) in [4.78, 5) is 27.2. The number of nitrogens with one attached hydrogen (secondary N) is 1. The molecule has 2 aromatic heterocycles. The number of anilines is 1. The fraction of sp³-hybridized carbons (Fsp3) is 0.444. The van der Waals surface area contributed by atoms with Crippen molar-refractivity contribution in [2.24, 2.45) is 0 Å². The summed E-state index contributed by atoms with van der Waals surface area (Å²) < 4.78 is 5.07. The number of amides is 2. The summed E-state index contributed by atoms with van der Waals surface area (Å²) in [5.41, 5.74) is 0. The quantitative estimate of drug-likeness (QED) is 0.835. The van der Waals surface area contributed by atoms with E-state index in [0.717, 1.165) is 12.8 Å². The smallest absolute Gasteiger partial charge is 0.291 e. The first kappa shape index (κ1) is 16.8. The zero-order valence-electron chi connectivity index (χ0n) is 13.8. The van der Waals surface area contributed by atoms with Crippen LogP contribution in [-0.2, 0) is 0 Å². The highest BCUT2D eigenvalue weighted by atomic mass is 32.1. The lowest BCUT2D eigenvalue weighted by molar-refractivity contribution is 0.0722. The van der Waals surface area contributed by atoms with Crippen LogP contribution in [0.4, 0.5) is 5.00 Å². The first-order valence-electron chi connectivity index (χ1n) is 8.37. The fourth-order valence-electron chi connectivity index (χ4n) is 3.09. The first-order chi connectivity index (χ1) is 11.6. The summed E-state index contributed by atoms with van der Waals surface area (Å²) in [6.45, 7) is 0. The van der Waals surface area contributed by atoms with Gasteiger partial charge in [0.25, 0.3) is 11.8 Å². The van der Waals surface area contributed by atoms with Gasteiger partial charge in [0.15, 0.2) is 5.76 Å². The van der Waals surface area contributed by atoms with E-state index in [1.54, 1.807) is 24.3 Å². The maximum atomic E-state index is 12.7. The Hall–Kier alpha value is -2.08. The summed E-state index contributed by atoms with van der Waals surface area (Å²) in [7, 11) is 1.89. The Balaban J connectivity index is 1.63. The fourth-order valence-corrected chi connectivity index (χ4v) is 3.97. The predicted octanol–water partition coefficient (Wildman–Crippen LogP) is 4.39. The standard InChI is InChI=1S/C18H22N2O3S/c1-20(13-7-4-2-3-5-8-13)18(22)15-10-11-16(24-15)19-17(21)14-9-6-12-23-14/h6,9-13H,2-5,7-8H2,1H3,(H,19,21). The van der Waals surface area contributed by atoms with Gasteiger partial charge in [-0.3, -0.25) is 9.59 Å². The molecule has 0 saturated heterocycles. The molecular weight excluding hydrogens is 324 g/mol. The van der Waals surface area contributed by atoms with E-state index in [1.807, 2.05) is 11.9 Å². The number of hydrogen-bond donors (Lipinski definition) is 1. The molecule has 24 heavy (non-hydrogen) atoms. The third-order valence-electron chi connectivity index (χ3n) is 4.49. The molecule has 1 aliphatic carbocycles. The molecule has 0 aromatic carbocycles. The molecule has 0 radical (unpaired) electrons. The van der Waals surface area contributed by atoms with Crippen molar-refractivity contribution < 1.29 is 14.0 Å². The molecule has 1 aliphatic rings. The van der Waals surface area contributed by atoms with Crippen LogP contribution in [0.15, 0.2) is 34.9 Å². The number of hydrogen-bond acceptors (Lipinski definition) is 4. The molecular formula is C18H22N2O3S. The molecule has 0 aliphatic heterocycles. The van der Waals surface area contributed by atoms with Crippen molar-refractivity contribution in [2.45, 2.75) is 44.6 Å². The largest absolute Gasteiger partial charge is 0.459 e. The third-order valence-corrected chi connectivity index (χ3v) is 5.48. The molecule has 0 atom stereocenters. The first-order valence-corrected chi connectivity index (χ1v) is 9.18. The van der Waals surface area contributed by atoms with E-state index >= 15 is 0 Å². The van der Waals surface area contributed by atoms with Crippen LogP contribution < -0.4 is 5.32 Å². The summed E-state index contributed by atoms with van der Waals surface area (Å²) in [5.74, 6) is -0.0183. The number of nitrogens with zero attached hydrogens (tertiary/aromatic N) is 1. The molecule has 0 bridgehead atoms. The molecule has 5 nitrogen and oxygen atoms in total. The number of rotatable bonds is 4. The molecule has 2 amide bonds. The Morgan fingerprint density at radius 3 is 2.58 bits per heavy atom. The lowest BCUT2D eigenvalue weighted by Crippen LogP contribution is -2.36. The van der Waals surface area contributed by atoms with Crippen molar-refractivity contribution >= 4 is 28.2 Å². The lowest BCUT2D eigenvalue weighted by atomic mass is 10.1. The molecule has 128 valence electrons. The zero-order chi connectivity index (χ0) is 16.9. The van der Waals surface area contributed by atoms with Crippen molar-refractivity contribution in [3.05, 3.63) is 41.2 Å². The van der Waals surface area contributed by atoms with Crippen LogP contribution in [0.2, 0.25) is 0 Å². The highest BCUT2D eigenvalue weighted by Gasteiger charge is 2.23. The average molecular weight is 346 g/mol. The van der Waals surface area contributed by atoms with Gasteiger partial charge < -0.3 is 14.6 Å². The van der Waals surface area contributed by atoms with Gasteiger partial charge in [-0.15, -0.1) is 11.3 Å². The van der Waals surface area contributed by atoms with Gasteiger partial charge in [-0.05, 0) is 37.1 Å². The van der Waals surface area contributed by atoms with Gasteiger partial charge in [0, 0.05) is 13.1 Å². The Morgan fingerprint density at radius 2 is 1.92 bits per heavy atom. The minimum Gasteiger partial charge on any atom is -0.459 e. The molecule has 2 heterocycles. The van der Waals surface area contributed by atoms with Gasteiger partial charge in [-0.1, -0.05) is 25.7 Å². The van der Waals surface area contributed by atoms with Gasteiger partial charge in [0.05, 0.1) is 16.1 Å². The number of carbonyl (C=O) groups is 2. The Labute approximate surface area is 145 Å². The van der Waals surface area contributed by atoms with Crippen LogP contribution in [0.3, 0.4) is 0 Å². The van der Waals surface area contributed by atoms with Crippen LogP contribution in [-0.4, -0.2) is 29.8 Å². The average Bonchev–Trinajstić information content (AvgIpc) is 3.20. The zero-order valence-corrected chi connectivity index (χ0v) is 14.6.